The van der Waals surface area contributed by atoms with E-state index in [1.807, 2.05) is 6.07 Å². The lowest BCUT2D eigenvalue weighted by Crippen LogP contribution is -2.10. The minimum Gasteiger partial charge on any atom is -0.396 e. The van der Waals surface area contributed by atoms with Crippen molar-refractivity contribution >= 4 is 5.69 Å². The molecule has 0 spiro atoms. The van der Waals surface area contributed by atoms with Crippen molar-refractivity contribution in [1.29, 1.82) is 5.26 Å². The molecule has 1 aromatic heterocycles. The van der Waals surface area contributed by atoms with E-state index in [9.17, 15) is 4.39 Å². The monoisotopic (exact) mass is 275 g/mol. The van der Waals surface area contributed by atoms with Gasteiger partial charge in [-0.05, 0) is 18.6 Å². The van der Waals surface area contributed by atoms with E-state index in [0.717, 1.165) is 0 Å². The Bertz CT molecular complexity index is 607. The van der Waals surface area contributed by atoms with E-state index in [2.05, 4.69) is 15.6 Å². The van der Waals surface area contributed by atoms with Gasteiger partial charge in [-0.15, -0.1) is 5.10 Å². The zero-order valence-corrected chi connectivity index (χ0v) is 10.7. The minimum absolute atomic E-state index is 0.0599. The van der Waals surface area contributed by atoms with Gasteiger partial charge in [-0.3, -0.25) is 4.68 Å². The predicted octanol–water partition coefficient (Wildman–Crippen LogP) is 1.48. The first-order valence-corrected chi connectivity index (χ1v) is 6.16. The molecule has 20 heavy (non-hydrogen) atoms. The number of anilines is 1. The summed E-state index contributed by atoms with van der Waals surface area (Å²) in [6.45, 7) is 0.575. The molecule has 1 heterocycles. The van der Waals surface area contributed by atoms with Crippen molar-refractivity contribution in [2.75, 3.05) is 11.9 Å². The molecule has 0 amide bonds. The number of aliphatic hydroxyl groups is 1. The molecule has 2 N–H and O–H groups in total. The van der Waals surface area contributed by atoms with Gasteiger partial charge >= 0.3 is 0 Å². The van der Waals surface area contributed by atoms with Crippen LogP contribution in [0.4, 0.5) is 10.1 Å². The highest BCUT2D eigenvalue weighted by molar-refractivity contribution is 5.47. The predicted molar refractivity (Wildman–Crippen MR) is 70.1 cm³/mol. The third-order valence-electron chi connectivity index (χ3n) is 2.70. The van der Waals surface area contributed by atoms with Gasteiger partial charge < -0.3 is 10.4 Å². The first kappa shape index (κ1) is 14.0. The smallest absolute Gasteiger partial charge is 0.160 e. The topological polar surface area (TPSA) is 86.8 Å². The molecule has 0 radical (unpaired) electrons. The number of nitrogens with one attached hydrogen (secondary N) is 1. The summed E-state index contributed by atoms with van der Waals surface area (Å²) < 4.78 is 15.1. The summed E-state index contributed by atoms with van der Waals surface area (Å²) >= 11 is 0. The van der Waals surface area contributed by atoms with Crippen molar-refractivity contribution in [2.45, 2.75) is 19.0 Å². The van der Waals surface area contributed by atoms with Gasteiger partial charge in [0.25, 0.3) is 0 Å². The Morgan fingerprint density at radius 2 is 2.25 bits per heavy atom. The molecule has 1 unspecified atom stereocenters. The minimum atomic E-state index is -0.783. The maximum atomic E-state index is 13.5. The highest BCUT2D eigenvalue weighted by Gasteiger charge is 2.16. The van der Waals surface area contributed by atoms with Crippen LogP contribution in [0.3, 0.4) is 0 Å². The quantitative estimate of drug-likeness (QED) is 0.833. The number of rotatable bonds is 6. The Morgan fingerprint density at radius 3 is 2.95 bits per heavy atom. The van der Waals surface area contributed by atoms with Crippen molar-refractivity contribution in [3.05, 3.63) is 42.0 Å². The number of nitriles is 1. The van der Waals surface area contributed by atoms with E-state index in [1.54, 1.807) is 29.1 Å². The highest BCUT2D eigenvalue weighted by atomic mass is 19.1. The molecule has 0 fully saturated rings. The fourth-order valence-electron chi connectivity index (χ4n) is 1.69. The second-order valence-electron chi connectivity index (χ2n) is 4.17. The third kappa shape index (κ3) is 3.30. The summed E-state index contributed by atoms with van der Waals surface area (Å²) in [5.41, 5.74) is 0.651. The average molecular weight is 275 g/mol. The van der Waals surface area contributed by atoms with E-state index in [-0.39, 0.29) is 12.3 Å². The van der Waals surface area contributed by atoms with Crippen LogP contribution in [0.2, 0.25) is 0 Å². The largest absolute Gasteiger partial charge is 0.396 e. The number of aliphatic hydroxyl groups excluding tert-OH is 1. The Kier molecular flexibility index (Phi) is 4.63. The SMILES string of the molecule is N#CC(Nc1ccccc1F)c1cn(CCCO)nn1. The standard InChI is InChI=1S/C13H14FN5O/c14-10-4-1-2-5-11(10)16-12(8-15)13-9-19(18-17-13)6-3-7-20/h1-2,4-5,9,12,16,20H,3,6-7H2. The van der Waals surface area contributed by atoms with Crippen molar-refractivity contribution in [3.63, 3.8) is 0 Å². The normalized spacial score (nSPS) is 11.8. The molecule has 0 aliphatic heterocycles. The van der Waals surface area contributed by atoms with Gasteiger partial charge in [0.15, 0.2) is 6.04 Å². The number of benzene rings is 1. The molecule has 7 heteroatoms. The molecule has 0 aliphatic rings. The summed E-state index contributed by atoms with van der Waals surface area (Å²) in [6, 6.07) is 7.36. The molecule has 0 saturated heterocycles. The number of hydrogen-bond acceptors (Lipinski definition) is 5. The fourth-order valence-corrected chi connectivity index (χ4v) is 1.69. The highest BCUT2D eigenvalue weighted by Crippen LogP contribution is 2.19. The van der Waals surface area contributed by atoms with Gasteiger partial charge in [-0.2, -0.15) is 5.26 Å². The van der Waals surface area contributed by atoms with Crippen molar-refractivity contribution < 1.29 is 9.50 Å². The van der Waals surface area contributed by atoms with Crippen LogP contribution in [0.5, 0.6) is 0 Å². The summed E-state index contributed by atoms with van der Waals surface area (Å²) in [7, 11) is 0. The lowest BCUT2D eigenvalue weighted by Gasteiger charge is -2.10. The van der Waals surface area contributed by atoms with Crippen LogP contribution in [0.1, 0.15) is 18.2 Å². The summed E-state index contributed by atoms with van der Waals surface area (Å²) in [5, 5.41) is 28.4. The first-order chi connectivity index (χ1) is 9.74. The van der Waals surface area contributed by atoms with Gasteiger partial charge in [0.1, 0.15) is 11.5 Å². The number of halogens is 1. The van der Waals surface area contributed by atoms with E-state index in [1.165, 1.54) is 6.07 Å². The second-order valence-corrected chi connectivity index (χ2v) is 4.17. The zero-order valence-electron chi connectivity index (χ0n) is 10.7. The number of hydrogen-bond donors (Lipinski definition) is 2. The number of para-hydroxylation sites is 1. The molecule has 2 aromatic rings. The maximum Gasteiger partial charge on any atom is 0.160 e. The summed E-state index contributed by atoms with van der Waals surface area (Å²) in [6.07, 6.45) is 2.16. The lowest BCUT2D eigenvalue weighted by atomic mass is 10.2. The lowest BCUT2D eigenvalue weighted by molar-refractivity contribution is 0.276. The van der Waals surface area contributed by atoms with Gasteiger partial charge in [0.05, 0.1) is 18.0 Å². The van der Waals surface area contributed by atoms with Crippen LogP contribution in [0.25, 0.3) is 0 Å². The molecule has 1 aromatic carbocycles. The van der Waals surface area contributed by atoms with Crippen LogP contribution >= 0.6 is 0 Å². The Hall–Kier alpha value is -2.46. The van der Waals surface area contributed by atoms with E-state index in [0.29, 0.717) is 18.7 Å². The average Bonchev–Trinajstić information content (AvgIpc) is 2.93. The van der Waals surface area contributed by atoms with Gasteiger partial charge in [0, 0.05) is 13.2 Å². The van der Waals surface area contributed by atoms with E-state index in [4.69, 9.17) is 10.4 Å². The summed E-state index contributed by atoms with van der Waals surface area (Å²) in [5.74, 6) is -0.430. The van der Waals surface area contributed by atoms with Crippen LogP contribution in [-0.4, -0.2) is 26.7 Å². The molecule has 6 nitrogen and oxygen atoms in total. The fraction of sp³-hybridized carbons (Fsp3) is 0.308. The van der Waals surface area contributed by atoms with Gasteiger partial charge in [0.2, 0.25) is 0 Å². The third-order valence-corrected chi connectivity index (χ3v) is 2.70. The second kappa shape index (κ2) is 6.63. The summed E-state index contributed by atoms with van der Waals surface area (Å²) in [4.78, 5) is 0. The Labute approximate surface area is 115 Å². The van der Waals surface area contributed by atoms with Crippen molar-refractivity contribution in [1.82, 2.24) is 15.0 Å². The molecule has 0 saturated carbocycles. The van der Waals surface area contributed by atoms with Crippen LogP contribution < -0.4 is 5.32 Å². The van der Waals surface area contributed by atoms with Crippen molar-refractivity contribution in [3.8, 4) is 6.07 Å². The van der Waals surface area contributed by atoms with Crippen LogP contribution in [-0.2, 0) is 6.54 Å². The molecule has 0 aliphatic carbocycles. The van der Waals surface area contributed by atoms with E-state index >= 15 is 0 Å². The Balaban J connectivity index is 2.11. The van der Waals surface area contributed by atoms with Crippen molar-refractivity contribution in [2.24, 2.45) is 0 Å². The Morgan fingerprint density at radius 1 is 1.45 bits per heavy atom. The zero-order chi connectivity index (χ0) is 14.4. The molecule has 0 bridgehead atoms. The number of nitrogens with zero attached hydrogens (tertiary/aromatic N) is 4. The van der Waals surface area contributed by atoms with Crippen LogP contribution in [0, 0.1) is 17.1 Å². The maximum absolute atomic E-state index is 13.5. The van der Waals surface area contributed by atoms with Crippen LogP contribution in [0.15, 0.2) is 30.5 Å². The number of aromatic nitrogens is 3. The molecule has 104 valence electrons. The number of aryl methyl sites for hydroxylation is 1. The van der Waals surface area contributed by atoms with Gasteiger partial charge in [-0.25, -0.2) is 4.39 Å². The van der Waals surface area contributed by atoms with Gasteiger partial charge in [-0.1, -0.05) is 17.3 Å². The molecule has 2 rings (SSSR count). The molecule has 1 atom stereocenters. The molecular weight excluding hydrogens is 261 g/mol. The van der Waals surface area contributed by atoms with E-state index < -0.39 is 11.9 Å². The first-order valence-electron chi connectivity index (χ1n) is 6.16. The molecular formula is C13H14FN5O.